The number of halogens is 1. The minimum Gasteiger partial charge on any atom is -0.389 e. The van der Waals surface area contributed by atoms with Gasteiger partial charge >= 0.3 is 0 Å². The van der Waals surface area contributed by atoms with Crippen molar-refractivity contribution in [2.24, 2.45) is 5.92 Å². The first kappa shape index (κ1) is 7.32. The fourth-order valence-corrected chi connectivity index (χ4v) is 1.52. The van der Waals surface area contributed by atoms with E-state index in [1.165, 1.54) is 0 Å². The van der Waals surface area contributed by atoms with Crippen molar-refractivity contribution in [3.05, 3.63) is 0 Å². The molecule has 3 heteroatoms. The van der Waals surface area contributed by atoms with Crippen molar-refractivity contribution in [2.45, 2.75) is 18.4 Å². The predicted molar refractivity (Wildman–Crippen MR) is 37.8 cm³/mol. The van der Waals surface area contributed by atoms with Crippen molar-refractivity contribution in [2.75, 3.05) is 13.1 Å². The van der Waals surface area contributed by atoms with Crippen LogP contribution in [-0.4, -0.2) is 23.8 Å². The smallest absolute Gasteiger partial charge is 0.0705 e. The maximum absolute atomic E-state index is 9.41. The van der Waals surface area contributed by atoms with Crippen molar-refractivity contribution in [3.63, 3.8) is 0 Å². The Morgan fingerprint density at radius 1 is 1.56 bits per heavy atom. The Kier molecular flexibility index (Phi) is 1.72. The highest BCUT2D eigenvalue weighted by Crippen LogP contribution is 2.46. The van der Waals surface area contributed by atoms with Gasteiger partial charge in [0.25, 0.3) is 0 Å². The van der Waals surface area contributed by atoms with E-state index in [4.69, 9.17) is 0 Å². The Morgan fingerprint density at radius 3 is 2.78 bits per heavy atom. The van der Waals surface area contributed by atoms with Gasteiger partial charge in [0, 0.05) is 12.5 Å². The lowest BCUT2D eigenvalue weighted by atomic mass is 10.1. The summed E-state index contributed by atoms with van der Waals surface area (Å²) in [7, 11) is 0. The molecule has 2 atom stereocenters. The van der Waals surface area contributed by atoms with Crippen LogP contribution in [0.3, 0.4) is 0 Å². The van der Waals surface area contributed by atoms with Crippen molar-refractivity contribution >= 4 is 12.4 Å². The number of fused-ring (bicyclic) bond motifs is 1. The quantitative estimate of drug-likeness (QED) is 0.514. The SMILES string of the molecule is Cl.O[C@@]12CCNC[C@@H]1C2. The lowest BCUT2D eigenvalue weighted by Crippen LogP contribution is -2.32. The molecule has 0 unspecified atom stereocenters. The maximum Gasteiger partial charge on any atom is 0.0705 e. The third-order valence-electron chi connectivity index (χ3n) is 2.33. The number of nitrogens with one attached hydrogen (secondary N) is 1. The number of hydrogen-bond acceptors (Lipinski definition) is 2. The molecule has 1 aliphatic heterocycles. The van der Waals surface area contributed by atoms with Crippen molar-refractivity contribution in [1.29, 1.82) is 0 Å². The maximum atomic E-state index is 9.41. The van der Waals surface area contributed by atoms with E-state index in [0.29, 0.717) is 5.92 Å². The minimum absolute atomic E-state index is 0. The fourth-order valence-electron chi connectivity index (χ4n) is 1.52. The zero-order valence-electron chi connectivity index (χ0n) is 5.26. The summed E-state index contributed by atoms with van der Waals surface area (Å²) in [6.45, 7) is 2.05. The number of piperidine rings is 1. The molecule has 2 fully saturated rings. The van der Waals surface area contributed by atoms with Gasteiger partial charge in [-0.1, -0.05) is 0 Å². The van der Waals surface area contributed by atoms with Crippen molar-refractivity contribution < 1.29 is 5.11 Å². The highest BCUT2D eigenvalue weighted by atomic mass is 35.5. The molecule has 9 heavy (non-hydrogen) atoms. The molecule has 1 heterocycles. The summed E-state index contributed by atoms with van der Waals surface area (Å²) in [6, 6.07) is 0. The van der Waals surface area contributed by atoms with Gasteiger partial charge < -0.3 is 10.4 Å². The molecule has 0 aromatic rings. The van der Waals surface area contributed by atoms with E-state index >= 15 is 0 Å². The zero-order chi connectivity index (χ0) is 5.61. The van der Waals surface area contributed by atoms with Gasteiger partial charge in [-0.15, -0.1) is 12.4 Å². The van der Waals surface area contributed by atoms with Gasteiger partial charge in [-0.05, 0) is 19.4 Å². The average Bonchev–Trinajstić information content (AvgIpc) is 2.39. The van der Waals surface area contributed by atoms with Crippen LogP contribution in [0.1, 0.15) is 12.8 Å². The van der Waals surface area contributed by atoms with Crippen molar-refractivity contribution in [3.8, 4) is 0 Å². The minimum atomic E-state index is -0.217. The second kappa shape index (κ2) is 2.11. The molecule has 1 saturated carbocycles. The third kappa shape index (κ3) is 1.07. The van der Waals surface area contributed by atoms with Crippen molar-refractivity contribution in [1.82, 2.24) is 5.32 Å². The molecule has 1 aliphatic carbocycles. The summed E-state index contributed by atoms with van der Waals surface area (Å²) >= 11 is 0. The number of aliphatic hydroxyl groups is 1. The number of rotatable bonds is 0. The van der Waals surface area contributed by atoms with Gasteiger partial charge in [-0.3, -0.25) is 0 Å². The Balaban J connectivity index is 0.000000405. The summed E-state index contributed by atoms with van der Waals surface area (Å²) < 4.78 is 0. The van der Waals surface area contributed by atoms with Gasteiger partial charge in [0.05, 0.1) is 5.60 Å². The molecule has 0 spiro atoms. The summed E-state index contributed by atoms with van der Waals surface area (Å²) in [5.41, 5.74) is -0.217. The molecule has 0 radical (unpaired) electrons. The van der Waals surface area contributed by atoms with Gasteiger partial charge in [0.1, 0.15) is 0 Å². The van der Waals surface area contributed by atoms with Gasteiger partial charge in [0.15, 0.2) is 0 Å². The molecule has 2 rings (SSSR count). The molecule has 2 aliphatic rings. The first-order valence-electron chi connectivity index (χ1n) is 3.24. The van der Waals surface area contributed by atoms with Crippen LogP contribution in [0.5, 0.6) is 0 Å². The molecule has 2 nitrogen and oxygen atoms in total. The lowest BCUT2D eigenvalue weighted by Gasteiger charge is -2.16. The Morgan fingerprint density at radius 2 is 2.33 bits per heavy atom. The second-order valence-corrected chi connectivity index (χ2v) is 2.96. The van der Waals surface area contributed by atoms with Crippen LogP contribution >= 0.6 is 12.4 Å². The number of hydrogen-bond donors (Lipinski definition) is 2. The standard InChI is InChI=1S/C6H11NO.ClH/c8-6-1-2-7-4-5(6)3-6;/h5,7-8H,1-4H2;1H/t5-,6+;/m0./s1. The zero-order valence-corrected chi connectivity index (χ0v) is 6.08. The first-order valence-corrected chi connectivity index (χ1v) is 3.24. The van der Waals surface area contributed by atoms with Crippen LogP contribution in [0.15, 0.2) is 0 Å². The first-order chi connectivity index (χ1) is 3.81. The van der Waals surface area contributed by atoms with Gasteiger partial charge in [0.2, 0.25) is 0 Å². The average molecular weight is 150 g/mol. The highest BCUT2D eigenvalue weighted by Gasteiger charge is 2.53. The largest absolute Gasteiger partial charge is 0.389 e. The Labute approximate surface area is 61.0 Å². The summed E-state index contributed by atoms with van der Waals surface area (Å²) in [5.74, 6) is 0.594. The normalized spacial score (nSPS) is 47.0. The fraction of sp³-hybridized carbons (Fsp3) is 1.00. The van der Waals surface area contributed by atoms with Crippen LogP contribution in [0, 0.1) is 5.92 Å². The topological polar surface area (TPSA) is 32.3 Å². The molecule has 0 aromatic carbocycles. The van der Waals surface area contributed by atoms with Crippen LogP contribution in [0.25, 0.3) is 0 Å². The Hall–Kier alpha value is 0.210. The molecule has 0 aromatic heterocycles. The lowest BCUT2D eigenvalue weighted by molar-refractivity contribution is 0.108. The van der Waals surface area contributed by atoms with E-state index < -0.39 is 0 Å². The van der Waals surface area contributed by atoms with E-state index in [-0.39, 0.29) is 18.0 Å². The van der Waals surface area contributed by atoms with E-state index in [0.717, 1.165) is 25.9 Å². The monoisotopic (exact) mass is 149 g/mol. The van der Waals surface area contributed by atoms with Crippen LogP contribution in [-0.2, 0) is 0 Å². The van der Waals surface area contributed by atoms with Crippen LogP contribution < -0.4 is 5.32 Å². The molecule has 54 valence electrons. The summed E-state index contributed by atoms with van der Waals surface area (Å²) in [4.78, 5) is 0. The summed E-state index contributed by atoms with van der Waals surface area (Å²) in [5, 5.41) is 12.6. The predicted octanol–water partition coefficient (Wildman–Crippen LogP) is 0.152. The van der Waals surface area contributed by atoms with Crippen LogP contribution in [0.2, 0.25) is 0 Å². The second-order valence-electron chi connectivity index (χ2n) is 2.96. The van der Waals surface area contributed by atoms with E-state index in [1.807, 2.05) is 0 Å². The van der Waals surface area contributed by atoms with E-state index in [1.54, 1.807) is 0 Å². The molecular formula is C6H12ClNO. The molecule has 2 N–H and O–H groups in total. The van der Waals surface area contributed by atoms with E-state index in [9.17, 15) is 5.11 Å². The van der Waals surface area contributed by atoms with Gasteiger partial charge in [-0.2, -0.15) is 0 Å². The molecule has 1 saturated heterocycles. The summed E-state index contributed by atoms with van der Waals surface area (Å²) in [6.07, 6.45) is 2.01. The Bertz CT molecular complexity index is 118. The van der Waals surface area contributed by atoms with E-state index in [2.05, 4.69) is 5.32 Å². The molecule has 0 amide bonds. The van der Waals surface area contributed by atoms with Gasteiger partial charge in [-0.25, -0.2) is 0 Å². The molecular weight excluding hydrogens is 138 g/mol. The third-order valence-corrected chi connectivity index (χ3v) is 2.33. The van der Waals surface area contributed by atoms with Crippen LogP contribution in [0.4, 0.5) is 0 Å². The highest BCUT2D eigenvalue weighted by molar-refractivity contribution is 5.85. The molecule has 0 bridgehead atoms.